The summed E-state index contributed by atoms with van der Waals surface area (Å²) in [6, 6.07) is 14.9. The highest BCUT2D eigenvalue weighted by Crippen LogP contribution is 2.33. The van der Waals surface area contributed by atoms with Gasteiger partial charge >= 0.3 is 6.09 Å². The number of aromatic nitrogens is 4. The molecule has 13 nitrogen and oxygen atoms in total. The molecule has 0 bridgehead atoms. The summed E-state index contributed by atoms with van der Waals surface area (Å²) in [6.07, 6.45) is 4.53. The van der Waals surface area contributed by atoms with Crippen molar-refractivity contribution in [1.29, 1.82) is 0 Å². The predicted molar refractivity (Wildman–Crippen MR) is 215 cm³/mol. The van der Waals surface area contributed by atoms with Crippen molar-refractivity contribution in [2.75, 3.05) is 56.2 Å². The summed E-state index contributed by atoms with van der Waals surface area (Å²) in [5.41, 5.74) is 3.95. The maximum atomic E-state index is 13.4. The van der Waals surface area contributed by atoms with E-state index in [1.165, 1.54) is 0 Å². The van der Waals surface area contributed by atoms with Crippen LogP contribution in [0.3, 0.4) is 0 Å². The van der Waals surface area contributed by atoms with Gasteiger partial charge in [-0.05, 0) is 88.0 Å². The monoisotopic (exact) mass is 756 g/mol. The maximum absolute atomic E-state index is 13.4. The van der Waals surface area contributed by atoms with Crippen LogP contribution in [0.2, 0.25) is 25.7 Å². The molecule has 4 aromatic rings. The van der Waals surface area contributed by atoms with Crippen LogP contribution in [0.15, 0.2) is 55.0 Å². The number of nitrogens with zero attached hydrogens (tertiary/aromatic N) is 6. The number of carbonyl (C=O) groups is 2. The Morgan fingerprint density at radius 3 is 2.37 bits per heavy atom. The third kappa shape index (κ3) is 10.4. The molecule has 6 rings (SSSR count). The zero-order valence-electron chi connectivity index (χ0n) is 32.9. The van der Waals surface area contributed by atoms with Crippen molar-refractivity contribution >= 4 is 42.6 Å². The molecule has 1 aromatic carbocycles. The third-order valence-electron chi connectivity index (χ3n) is 9.86. The molecule has 2 fully saturated rings. The fourth-order valence-electron chi connectivity index (χ4n) is 6.74. The summed E-state index contributed by atoms with van der Waals surface area (Å²) in [6.45, 7) is 21.0. The van der Waals surface area contributed by atoms with Crippen LogP contribution < -0.4 is 15.5 Å². The van der Waals surface area contributed by atoms with E-state index in [9.17, 15) is 9.59 Å². The number of likely N-dealkylation sites (tertiary alicyclic amines) is 1. The van der Waals surface area contributed by atoms with Gasteiger partial charge in [0.15, 0.2) is 0 Å². The molecule has 0 radical (unpaired) electrons. The Kier molecular flexibility index (Phi) is 12.1. The lowest BCUT2D eigenvalue weighted by molar-refractivity contribution is 0.0401. The second-order valence-electron chi connectivity index (χ2n) is 16.9. The third-order valence-corrected chi connectivity index (χ3v) is 11.6. The smallest absolute Gasteiger partial charge is 0.408 e. The van der Waals surface area contributed by atoms with E-state index < -0.39 is 13.7 Å². The van der Waals surface area contributed by atoms with Crippen LogP contribution in [0.4, 0.5) is 16.3 Å². The molecular weight excluding hydrogens is 701 g/mol. The SMILES string of the molecule is CC1(NC(=O)OC(C)(C)C)CCN(Cc2ccnc(C(=O)Nc3ccc(-c4cc5c(N6CCOCC6)ncnc5n4COCC[Si](C)(C)C)cc3)c2)CC1. The number of rotatable bonds is 12. The second kappa shape index (κ2) is 16.6. The number of hydrogen-bond acceptors (Lipinski definition) is 10. The van der Waals surface area contributed by atoms with Gasteiger partial charge in [-0.2, -0.15) is 0 Å². The minimum Gasteiger partial charge on any atom is -0.444 e. The number of anilines is 2. The van der Waals surface area contributed by atoms with E-state index in [4.69, 9.17) is 19.2 Å². The first-order chi connectivity index (χ1) is 25.6. The predicted octanol–water partition coefficient (Wildman–Crippen LogP) is 6.77. The Morgan fingerprint density at radius 1 is 0.963 bits per heavy atom. The van der Waals surface area contributed by atoms with E-state index in [-0.39, 0.29) is 17.5 Å². The van der Waals surface area contributed by atoms with Gasteiger partial charge in [0, 0.05) is 64.8 Å². The number of ether oxygens (including phenoxy) is 3. The summed E-state index contributed by atoms with van der Waals surface area (Å²) in [5.74, 6) is 0.630. The van der Waals surface area contributed by atoms with E-state index in [0.29, 0.717) is 44.5 Å². The fraction of sp³-hybridized carbons (Fsp3) is 0.525. The summed E-state index contributed by atoms with van der Waals surface area (Å²) in [7, 11) is -1.25. The van der Waals surface area contributed by atoms with E-state index in [2.05, 4.69) is 67.6 Å². The minimum absolute atomic E-state index is 0.271. The van der Waals surface area contributed by atoms with Gasteiger partial charge in [-0.3, -0.25) is 14.7 Å². The van der Waals surface area contributed by atoms with Crippen LogP contribution in [0.1, 0.15) is 56.6 Å². The summed E-state index contributed by atoms with van der Waals surface area (Å²) >= 11 is 0. The number of alkyl carbamates (subject to hydrolysis) is 1. The highest BCUT2D eigenvalue weighted by Gasteiger charge is 2.33. The van der Waals surface area contributed by atoms with Crippen LogP contribution in [0, 0.1) is 0 Å². The van der Waals surface area contributed by atoms with E-state index in [1.54, 1.807) is 12.5 Å². The Hall–Kier alpha value is -4.37. The van der Waals surface area contributed by atoms with Crippen LogP contribution in [0.25, 0.3) is 22.3 Å². The average Bonchev–Trinajstić information content (AvgIpc) is 3.49. The molecule has 2 amide bonds. The van der Waals surface area contributed by atoms with Crippen molar-refractivity contribution in [3.63, 3.8) is 0 Å². The van der Waals surface area contributed by atoms with Crippen LogP contribution in [-0.4, -0.2) is 102 Å². The molecule has 0 atom stereocenters. The van der Waals surface area contributed by atoms with Gasteiger partial charge in [0.1, 0.15) is 35.8 Å². The van der Waals surface area contributed by atoms with Crippen molar-refractivity contribution in [3.05, 3.63) is 66.2 Å². The number of morpholine rings is 1. The Bertz CT molecular complexity index is 1910. The van der Waals surface area contributed by atoms with E-state index in [1.807, 2.05) is 57.2 Å². The molecule has 0 unspecified atom stereocenters. The number of nitrogens with one attached hydrogen (secondary N) is 2. The van der Waals surface area contributed by atoms with Gasteiger partial charge in [0.25, 0.3) is 5.91 Å². The first kappa shape index (κ1) is 39.3. The summed E-state index contributed by atoms with van der Waals surface area (Å²) < 4.78 is 19.4. The molecule has 0 spiro atoms. The molecule has 0 aliphatic carbocycles. The lowest BCUT2D eigenvalue weighted by atomic mass is 9.89. The first-order valence-corrected chi connectivity index (χ1v) is 22.7. The molecule has 2 saturated heterocycles. The number of piperidine rings is 1. The molecule has 14 heteroatoms. The molecule has 5 heterocycles. The zero-order chi connectivity index (χ0) is 38.5. The van der Waals surface area contributed by atoms with E-state index >= 15 is 0 Å². The molecule has 2 aliphatic heterocycles. The normalized spacial score (nSPS) is 16.7. The van der Waals surface area contributed by atoms with Gasteiger partial charge in [-0.15, -0.1) is 0 Å². The molecule has 2 N–H and O–H groups in total. The Morgan fingerprint density at radius 2 is 1.69 bits per heavy atom. The highest BCUT2D eigenvalue weighted by molar-refractivity contribution is 6.76. The maximum Gasteiger partial charge on any atom is 0.408 e. The summed E-state index contributed by atoms with van der Waals surface area (Å²) in [5, 5.41) is 7.07. The van der Waals surface area contributed by atoms with Gasteiger partial charge in [-0.1, -0.05) is 31.8 Å². The fourth-order valence-corrected chi connectivity index (χ4v) is 7.49. The van der Waals surface area contributed by atoms with Crippen LogP contribution in [-0.2, 0) is 27.5 Å². The number of carbonyl (C=O) groups excluding carboxylic acids is 2. The molecule has 3 aromatic heterocycles. The van der Waals surface area contributed by atoms with Gasteiger partial charge in [-0.25, -0.2) is 14.8 Å². The van der Waals surface area contributed by atoms with Gasteiger partial charge in [0.05, 0.1) is 24.3 Å². The van der Waals surface area contributed by atoms with Crippen molar-refractivity contribution < 1.29 is 23.8 Å². The second-order valence-corrected chi connectivity index (χ2v) is 22.5. The van der Waals surface area contributed by atoms with Gasteiger partial charge < -0.3 is 34.3 Å². The van der Waals surface area contributed by atoms with E-state index in [0.717, 1.165) is 78.7 Å². The lowest BCUT2D eigenvalue weighted by Crippen LogP contribution is -2.54. The van der Waals surface area contributed by atoms with Crippen molar-refractivity contribution in [1.82, 2.24) is 29.7 Å². The Balaban J connectivity index is 1.11. The zero-order valence-corrected chi connectivity index (χ0v) is 33.9. The van der Waals surface area contributed by atoms with Crippen LogP contribution >= 0.6 is 0 Å². The number of fused-ring (bicyclic) bond motifs is 1. The molecule has 2 aliphatic rings. The average molecular weight is 757 g/mol. The molecule has 290 valence electrons. The minimum atomic E-state index is -1.25. The number of pyridine rings is 1. The largest absolute Gasteiger partial charge is 0.444 e. The molecule has 54 heavy (non-hydrogen) atoms. The molecular formula is C40H56N8O5Si. The standard InChI is InChI=1S/C40H56N8O5Si/c1-39(2,3)53-38(50)45-40(4)13-16-46(17-14-40)26-29-12-15-41-33(24-29)37(49)44-31-10-8-30(9-11-31)34-25-32-35(47-18-20-51-21-19-47)42-27-43-36(32)48(34)28-52-22-23-54(5,6)7/h8-12,15,24-25,27H,13-14,16-23,26,28H2,1-7H3,(H,44,49)(H,45,50). The van der Waals surface area contributed by atoms with Crippen molar-refractivity contribution in [3.8, 4) is 11.3 Å². The number of hydrogen-bond donors (Lipinski definition) is 2. The Labute approximate surface area is 319 Å². The molecule has 0 saturated carbocycles. The highest BCUT2D eigenvalue weighted by atomic mass is 28.3. The van der Waals surface area contributed by atoms with Crippen molar-refractivity contribution in [2.45, 2.75) is 90.6 Å². The van der Waals surface area contributed by atoms with Crippen LogP contribution in [0.5, 0.6) is 0 Å². The lowest BCUT2D eigenvalue weighted by Gasteiger charge is -2.40. The number of benzene rings is 1. The van der Waals surface area contributed by atoms with Gasteiger partial charge in [0.2, 0.25) is 0 Å². The van der Waals surface area contributed by atoms with Crippen molar-refractivity contribution in [2.24, 2.45) is 0 Å². The quantitative estimate of drug-likeness (QED) is 0.118. The summed E-state index contributed by atoms with van der Waals surface area (Å²) in [4.78, 5) is 44.1. The topological polar surface area (TPSA) is 136 Å². The number of amides is 2. The first-order valence-electron chi connectivity index (χ1n) is 19.0.